The molecule has 3 rings (SSSR count). The first kappa shape index (κ1) is 12.9. The van der Waals surface area contributed by atoms with E-state index in [-0.39, 0.29) is 0 Å². The van der Waals surface area contributed by atoms with Crippen LogP contribution in [0.1, 0.15) is 59.3 Å². The van der Waals surface area contributed by atoms with Crippen molar-refractivity contribution < 1.29 is 4.74 Å². The molecule has 1 N–H and O–H groups in total. The number of ether oxygens (including phenoxy) is 1. The Morgan fingerprint density at radius 1 is 1.17 bits per heavy atom. The van der Waals surface area contributed by atoms with Gasteiger partial charge in [0.15, 0.2) is 0 Å². The maximum absolute atomic E-state index is 5.90. The topological polar surface area (TPSA) is 21.3 Å². The summed E-state index contributed by atoms with van der Waals surface area (Å²) in [5.41, 5.74) is 0.373. The molecule has 104 valence electrons. The summed E-state index contributed by atoms with van der Waals surface area (Å²) in [5, 5.41) is 4.00. The molecule has 2 nitrogen and oxygen atoms in total. The molecule has 6 unspecified atom stereocenters. The molecular weight excluding hydrogens is 222 g/mol. The van der Waals surface area contributed by atoms with Crippen LogP contribution in [0.3, 0.4) is 0 Å². The van der Waals surface area contributed by atoms with E-state index in [1.165, 1.54) is 38.5 Å². The second kappa shape index (κ2) is 4.79. The van der Waals surface area contributed by atoms with Crippen molar-refractivity contribution in [2.45, 2.75) is 77.5 Å². The fourth-order valence-corrected chi connectivity index (χ4v) is 4.72. The standard InChI is InChI=1S/C16H29NO/c1-4-16(3)14(10-15(16)18-5-2)17-13-9-11-6-7-12(13)8-11/h11-15,17H,4-10H2,1-3H3. The lowest BCUT2D eigenvalue weighted by atomic mass is 9.61. The molecule has 6 atom stereocenters. The summed E-state index contributed by atoms with van der Waals surface area (Å²) in [5.74, 6) is 2.03. The maximum Gasteiger partial charge on any atom is 0.0658 e. The number of nitrogens with one attached hydrogen (secondary N) is 1. The van der Waals surface area contributed by atoms with Crippen molar-refractivity contribution in [1.82, 2.24) is 5.32 Å². The Kier molecular flexibility index (Phi) is 3.44. The SMILES string of the molecule is CCOC1CC(NC2CC3CCC2C3)C1(C)CC. The zero-order valence-corrected chi connectivity index (χ0v) is 12.2. The molecule has 0 heterocycles. The van der Waals surface area contributed by atoms with E-state index in [4.69, 9.17) is 4.74 Å². The average Bonchev–Trinajstić information content (AvgIpc) is 2.98. The van der Waals surface area contributed by atoms with Crippen LogP contribution in [0.15, 0.2) is 0 Å². The Balaban J connectivity index is 1.57. The monoisotopic (exact) mass is 251 g/mol. The van der Waals surface area contributed by atoms with Gasteiger partial charge in [-0.15, -0.1) is 0 Å². The molecule has 2 heteroatoms. The van der Waals surface area contributed by atoms with Crippen molar-refractivity contribution in [3.8, 4) is 0 Å². The molecule has 0 amide bonds. The molecule has 3 aliphatic rings. The second-order valence-corrected chi connectivity index (χ2v) is 7.04. The third kappa shape index (κ3) is 1.92. The van der Waals surface area contributed by atoms with Crippen molar-refractivity contribution in [2.24, 2.45) is 17.3 Å². The highest BCUT2D eigenvalue weighted by Crippen LogP contribution is 2.49. The molecule has 0 aromatic heterocycles. The van der Waals surface area contributed by atoms with Gasteiger partial charge in [0.25, 0.3) is 0 Å². The highest BCUT2D eigenvalue weighted by Gasteiger charge is 2.52. The Morgan fingerprint density at radius 2 is 2.00 bits per heavy atom. The van der Waals surface area contributed by atoms with Gasteiger partial charge < -0.3 is 10.1 Å². The molecule has 3 fully saturated rings. The van der Waals surface area contributed by atoms with E-state index in [1.807, 2.05) is 0 Å². The quantitative estimate of drug-likeness (QED) is 0.809. The van der Waals surface area contributed by atoms with E-state index in [0.717, 1.165) is 24.5 Å². The first-order valence-electron chi connectivity index (χ1n) is 8.05. The van der Waals surface area contributed by atoms with E-state index in [1.54, 1.807) is 0 Å². The Bertz CT molecular complexity index is 305. The lowest BCUT2D eigenvalue weighted by Gasteiger charge is -2.55. The van der Waals surface area contributed by atoms with Crippen LogP contribution in [0, 0.1) is 17.3 Å². The molecule has 0 aromatic rings. The first-order valence-corrected chi connectivity index (χ1v) is 8.05. The lowest BCUT2D eigenvalue weighted by Crippen LogP contribution is -2.64. The van der Waals surface area contributed by atoms with Crippen LogP contribution in [-0.2, 0) is 4.74 Å². The average molecular weight is 251 g/mol. The van der Waals surface area contributed by atoms with Gasteiger partial charge in [-0.1, -0.05) is 20.3 Å². The van der Waals surface area contributed by atoms with Gasteiger partial charge in [-0.2, -0.15) is 0 Å². The fraction of sp³-hybridized carbons (Fsp3) is 1.00. The lowest BCUT2D eigenvalue weighted by molar-refractivity contribution is -0.129. The highest BCUT2D eigenvalue weighted by molar-refractivity contribution is 5.07. The van der Waals surface area contributed by atoms with Crippen LogP contribution in [-0.4, -0.2) is 24.8 Å². The maximum atomic E-state index is 5.90. The zero-order chi connectivity index (χ0) is 12.8. The number of fused-ring (bicyclic) bond motifs is 2. The minimum atomic E-state index is 0.373. The normalized spacial score (nSPS) is 50.5. The van der Waals surface area contributed by atoms with Crippen LogP contribution in [0.4, 0.5) is 0 Å². The van der Waals surface area contributed by atoms with Gasteiger partial charge in [0.05, 0.1) is 6.10 Å². The predicted molar refractivity (Wildman–Crippen MR) is 74.6 cm³/mol. The highest BCUT2D eigenvalue weighted by atomic mass is 16.5. The third-order valence-electron chi connectivity index (χ3n) is 6.26. The minimum absolute atomic E-state index is 0.373. The molecule has 18 heavy (non-hydrogen) atoms. The molecule has 3 aliphatic carbocycles. The van der Waals surface area contributed by atoms with Crippen LogP contribution >= 0.6 is 0 Å². The van der Waals surface area contributed by atoms with Gasteiger partial charge >= 0.3 is 0 Å². The van der Waals surface area contributed by atoms with Gasteiger partial charge in [0.1, 0.15) is 0 Å². The molecule has 0 spiro atoms. The zero-order valence-electron chi connectivity index (χ0n) is 12.2. The van der Waals surface area contributed by atoms with Crippen LogP contribution in [0.2, 0.25) is 0 Å². The number of rotatable bonds is 5. The molecular formula is C16H29NO. The van der Waals surface area contributed by atoms with Crippen molar-refractivity contribution in [3.05, 3.63) is 0 Å². The van der Waals surface area contributed by atoms with Crippen LogP contribution in [0.5, 0.6) is 0 Å². The summed E-state index contributed by atoms with van der Waals surface area (Å²) >= 11 is 0. The molecule has 0 saturated heterocycles. The minimum Gasteiger partial charge on any atom is -0.378 e. The van der Waals surface area contributed by atoms with Gasteiger partial charge in [-0.05, 0) is 50.9 Å². The Hall–Kier alpha value is -0.0800. The van der Waals surface area contributed by atoms with E-state index < -0.39 is 0 Å². The van der Waals surface area contributed by atoms with E-state index in [0.29, 0.717) is 17.6 Å². The van der Waals surface area contributed by atoms with E-state index in [2.05, 4.69) is 26.1 Å². The molecule has 0 aliphatic heterocycles. The smallest absolute Gasteiger partial charge is 0.0658 e. The van der Waals surface area contributed by atoms with Crippen molar-refractivity contribution in [3.63, 3.8) is 0 Å². The largest absolute Gasteiger partial charge is 0.378 e. The van der Waals surface area contributed by atoms with Crippen molar-refractivity contribution >= 4 is 0 Å². The van der Waals surface area contributed by atoms with Crippen molar-refractivity contribution in [1.29, 1.82) is 0 Å². The molecule has 3 saturated carbocycles. The number of hydrogen-bond acceptors (Lipinski definition) is 2. The summed E-state index contributed by atoms with van der Waals surface area (Å²) in [6.45, 7) is 7.72. The predicted octanol–water partition coefficient (Wildman–Crippen LogP) is 3.36. The van der Waals surface area contributed by atoms with Gasteiger partial charge in [0, 0.05) is 24.1 Å². The summed E-state index contributed by atoms with van der Waals surface area (Å²) in [6, 6.07) is 1.52. The second-order valence-electron chi connectivity index (χ2n) is 7.04. The van der Waals surface area contributed by atoms with Crippen LogP contribution < -0.4 is 5.32 Å². The van der Waals surface area contributed by atoms with Gasteiger partial charge in [-0.25, -0.2) is 0 Å². The van der Waals surface area contributed by atoms with Crippen molar-refractivity contribution in [2.75, 3.05) is 6.61 Å². The molecule has 0 aromatic carbocycles. The van der Waals surface area contributed by atoms with E-state index in [9.17, 15) is 0 Å². The van der Waals surface area contributed by atoms with Gasteiger partial charge in [-0.3, -0.25) is 0 Å². The first-order chi connectivity index (χ1) is 8.67. The van der Waals surface area contributed by atoms with Gasteiger partial charge in [0.2, 0.25) is 0 Å². The van der Waals surface area contributed by atoms with E-state index >= 15 is 0 Å². The fourth-order valence-electron chi connectivity index (χ4n) is 4.72. The summed E-state index contributed by atoms with van der Waals surface area (Å²) < 4.78 is 5.90. The van der Waals surface area contributed by atoms with Crippen LogP contribution in [0.25, 0.3) is 0 Å². The number of hydrogen-bond donors (Lipinski definition) is 1. The Labute approximate surface area is 112 Å². The summed E-state index contributed by atoms with van der Waals surface area (Å²) in [4.78, 5) is 0. The molecule has 2 bridgehead atoms. The summed E-state index contributed by atoms with van der Waals surface area (Å²) in [7, 11) is 0. The Morgan fingerprint density at radius 3 is 2.56 bits per heavy atom. The third-order valence-corrected chi connectivity index (χ3v) is 6.26. The summed E-state index contributed by atoms with van der Waals surface area (Å²) in [6.07, 6.45) is 8.88. The molecule has 0 radical (unpaired) electrons.